The third-order valence-electron chi connectivity index (χ3n) is 5.34. The van der Waals surface area contributed by atoms with Crippen LogP contribution in [-0.2, 0) is 9.59 Å². The number of Topliss-reactive ketones (excluding diaryl/α,β-unsaturated/α-hetero) is 1. The fourth-order valence-corrected chi connectivity index (χ4v) is 5.04. The van der Waals surface area contributed by atoms with Crippen molar-refractivity contribution in [3.63, 3.8) is 0 Å². The first-order valence-electron chi connectivity index (χ1n) is 8.14. The second-order valence-electron chi connectivity index (χ2n) is 6.53. The van der Waals surface area contributed by atoms with E-state index < -0.39 is 17.9 Å². The quantitative estimate of drug-likeness (QED) is 0.666. The van der Waals surface area contributed by atoms with Crippen LogP contribution in [0.2, 0.25) is 0 Å². The summed E-state index contributed by atoms with van der Waals surface area (Å²) < 4.78 is 0. The van der Waals surface area contributed by atoms with Crippen molar-refractivity contribution < 1.29 is 14.4 Å². The van der Waals surface area contributed by atoms with Crippen molar-refractivity contribution in [2.24, 2.45) is 11.8 Å². The van der Waals surface area contributed by atoms with Gasteiger partial charge in [-0.05, 0) is 28.6 Å². The molecule has 0 aliphatic carbocycles. The van der Waals surface area contributed by atoms with E-state index >= 15 is 0 Å². The number of imide groups is 1. The van der Waals surface area contributed by atoms with Crippen molar-refractivity contribution in [3.05, 3.63) is 64.0 Å². The van der Waals surface area contributed by atoms with E-state index in [1.54, 1.807) is 6.07 Å². The molecule has 1 aromatic heterocycles. The van der Waals surface area contributed by atoms with Gasteiger partial charge in [-0.3, -0.25) is 19.7 Å². The predicted octanol–water partition coefficient (Wildman–Crippen LogP) is 2.23. The standard InChI is InChI=1S/C19H14N2O3S/c22-17(12-6-3-9-25-12)16-14-13(18(23)20-19(14)24)15-11-5-2-1-4-10(11)7-8-21(15)16/h1-9,13-16H,(H,20,23,24)/t13-,14-,15+,16+/m1/s1. The number of nitrogens with one attached hydrogen (secondary N) is 1. The Morgan fingerprint density at radius 3 is 2.64 bits per heavy atom. The van der Waals surface area contributed by atoms with Gasteiger partial charge in [0, 0.05) is 6.20 Å². The monoisotopic (exact) mass is 350 g/mol. The number of amides is 2. The van der Waals surface area contributed by atoms with Gasteiger partial charge in [-0.15, -0.1) is 11.3 Å². The first-order chi connectivity index (χ1) is 12.2. The van der Waals surface area contributed by atoms with Crippen LogP contribution in [0, 0.1) is 11.8 Å². The van der Waals surface area contributed by atoms with Crippen molar-refractivity contribution >= 4 is 35.0 Å². The minimum absolute atomic E-state index is 0.0959. The van der Waals surface area contributed by atoms with E-state index in [9.17, 15) is 14.4 Å². The molecule has 0 radical (unpaired) electrons. The number of benzene rings is 1. The van der Waals surface area contributed by atoms with Gasteiger partial charge in [0.15, 0.2) is 5.78 Å². The van der Waals surface area contributed by atoms with E-state index in [4.69, 9.17) is 0 Å². The molecule has 4 atom stereocenters. The number of nitrogens with zero attached hydrogens (tertiary/aromatic N) is 1. The van der Waals surface area contributed by atoms with Crippen molar-refractivity contribution in [1.29, 1.82) is 0 Å². The van der Waals surface area contributed by atoms with Crippen LogP contribution in [0.5, 0.6) is 0 Å². The minimum atomic E-state index is -0.650. The van der Waals surface area contributed by atoms with E-state index in [-0.39, 0.29) is 23.6 Å². The van der Waals surface area contributed by atoms with E-state index in [2.05, 4.69) is 5.32 Å². The molecule has 0 saturated carbocycles. The van der Waals surface area contributed by atoms with Crippen LogP contribution in [0.1, 0.15) is 26.8 Å². The Morgan fingerprint density at radius 2 is 1.84 bits per heavy atom. The molecule has 4 heterocycles. The van der Waals surface area contributed by atoms with Gasteiger partial charge in [0.05, 0.1) is 22.8 Å². The maximum absolute atomic E-state index is 13.1. The van der Waals surface area contributed by atoms with Crippen LogP contribution >= 0.6 is 11.3 Å². The lowest BCUT2D eigenvalue weighted by molar-refractivity contribution is -0.127. The summed E-state index contributed by atoms with van der Waals surface area (Å²) >= 11 is 1.36. The number of hydrogen-bond acceptors (Lipinski definition) is 5. The SMILES string of the molecule is O=C1NC(=O)[C@@H]2[C@@H]1[C@@H](C(=O)c1cccs1)N1C=Cc3ccccc3[C@@H]21. The Hall–Kier alpha value is -2.73. The van der Waals surface area contributed by atoms with Crippen molar-refractivity contribution in [3.8, 4) is 0 Å². The molecule has 2 amide bonds. The first kappa shape index (κ1) is 14.6. The number of carbonyl (C=O) groups is 3. The second-order valence-corrected chi connectivity index (χ2v) is 7.48. The fraction of sp³-hybridized carbons (Fsp3) is 0.211. The van der Waals surface area contributed by atoms with Gasteiger partial charge in [-0.2, -0.15) is 0 Å². The Morgan fingerprint density at radius 1 is 1.04 bits per heavy atom. The summed E-state index contributed by atoms with van der Waals surface area (Å²) in [6.07, 6.45) is 3.81. The lowest BCUT2D eigenvalue weighted by atomic mass is 9.84. The molecule has 0 unspecified atom stereocenters. The van der Waals surface area contributed by atoms with Gasteiger partial charge in [-0.25, -0.2) is 0 Å². The topological polar surface area (TPSA) is 66.5 Å². The summed E-state index contributed by atoms with van der Waals surface area (Å²) in [5.41, 5.74) is 2.02. The molecule has 1 aromatic carbocycles. The van der Waals surface area contributed by atoms with E-state index in [1.165, 1.54) is 11.3 Å². The van der Waals surface area contributed by atoms with Gasteiger partial charge >= 0.3 is 0 Å². The fourth-order valence-electron chi connectivity index (χ4n) is 4.34. The van der Waals surface area contributed by atoms with Gasteiger partial charge in [0.2, 0.25) is 11.8 Å². The molecule has 3 aliphatic rings. The maximum atomic E-state index is 13.1. The summed E-state index contributed by atoms with van der Waals surface area (Å²) in [5, 5.41) is 4.28. The van der Waals surface area contributed by atoms with E-state index in [0.29, 0.717) is 4.88 Å². The third kappa shape index (κ3) is 1.91. The molecule has 2 fully saturated rings. The molecule has 25 heavy (non-hydrogen) atoms. The number of fused-ring (bicyclic) bond motifs is 5. The Kier molecular flexibility index (Phi) is 3.00. The number of hydrogen-bond donors (Lipinski definition) is 1. The zero-order valence-corrected chi connectivity index (χ0v) is 13.9. The zero-order valence-electron chi connectivity index (χ0n) is 13.1. The average Bonchev–Trinajstić information content (AvgIpc) is 3.32. The minimum Gasteiger partial charge on any atom is -0.358 e. The maximum Gasteiger partial charge on any atom is 0.233 e. The zero-order chi connectivity index (χ0) is 17.1. The number of rotatable bonds is 2. The largest absolute Gasteiger partial charge is 0.358 e. The smallest absolute Gasteiger partial charge is 0.233 e. The molecular formula is C19H14N2O3S. The van der Waals surface area contributed by atoms with Crippen LogP contribution in [0.4, 0.5) is 0 Å². The van der Waals surface area contributed by atoms with E-state index in [1.807, 2.05) is 52.9 Å². The predicted molar refractivity (Wildman–Crippen MR) is 92.6 cm³/mol. The Labute approximate surface area is 148 Å². The molecule has 124 valence electrons. The second kappa shape index (κ2) is 5.13. The molecule has 0 spiro atoms. The van der Waals surface area contributed by atoms with Crippen molar-refractivity contribution in [1.82, 2.24) is 10.2 Å². The third-order valence-corrected chi connectivity index (χ3v) is 6.22. The van der Waals surface area contributed by atoms with E-state index in [0.717, 1.165) is 11.1 Å². The Balaban J connectivity index is 1.67. The normalized spacial score (nSPS) is 29.2. The molecule has 2 saturated heterocycles. The number of thiophene rings is 1. The number of carbonyl (C=O) groups excluding carboxylic acids is 3. The summed E-state index contributed by atoms with van der Waals surface area (Å²) in [5.74, 6) is -1.90. The van der Waals surface area contributed by atoms with Gasteiger partial charge in [0.25, 0.3) is 0 Å². The number of ketones is 1. The summed E-state index contributed by atoms with van der Waals surface area (Å²) in [7, 11) is 0. The van der Waals surface area contributed by atoms with Crippen LogP contribution in [-0.4, -0.2) is 28.5 Å². The summed E-state index contributed by atoms with van der Waals surface area (Å²) in [6.45, 7) is 0. The first-order valence-corrected chi connectivity index (χ1v) is 9.02. The van der Waals surface area contributed by atoms with Gasteiger partial charge < -0.3 is 4.90 Å². The van der Waals surface area contributed by atoms with Crippen LogP contribution in [0.25, 0.3) is 6.08 Å². The van der Waals surface area contributed by atoms with Crippen molar-refractivity contribution in [2.45, 2.75) is 12.1 Å². The molecule has 3 aliphatic heterocycles. The molecule has 2 aromatic rings. The Bertz CT molecular complexity index is 934. The molecule has 5 nitrogen and oxygen atoms in total. The summed E-state index contributed by atoms with van der Waals surface area (Å²) in [4.78, 5) is 40.6. The molecular weight excluding hydrogens is 336 g/mol. The van der Waals surface area contributed by atoms with Gasteiger partial charge in [0.1, 0.15) is 6.04 Å². The molecule has 1 N–H and O–H groups in total. The van der Waals surface area contributed by atoms with Crippen molar-refractivity contribution in [2.75, 3.05) is 0 Å². The highest BCUT2D eigenvalue weighted by Gasteiger charge is 2.61. The van der Waals surface area contributed by atoms with Crippen LogP contribution in [0.15, 0.2) is 48.0 Å². The average molecular weight is 350 g/mol. The molecule has 0 bridgehead atoms. The highest BCUT2D eigenvalue weighted by molar-refractivity contribution is 7.12. The lowest BCUT2D eigenvalue weighted by Crippen LogP contribution is -2.42. The van der Waals surface area contributed by atoms with Crippen LogP contribution < -0.4 is 5.32 Å². The van der Waals surface area contributed by atoms with Gasteiger partial charge in [-0.1, -0.05) is 30.3 Å². The highest BCUT2D eigenvalue weighted by Crippen LogP contribution is 2.51. The summed E-state index contributed by atoms with van der Waals surface area (Å²) in [6, 6.07) is 10.5. The molecule has 5 rings (SSSR count). The molecule has 6 heteroatoms. The highest BCUT2D eigenvalue weighted by atomic mass is 32.1. The van der Waals surface area contributed by atoms with Crippen LogP contribution in [0.3, 0.4) is 0 Å². The lowest BCUT2D eigenvalue weighted by Gasteiger charge is -2.34.